The molecule has 0 atom stereocenters. The van der Waals surface area contributed by atoms with Crippen LogP contribution in [0.25, 0.3) is 0 Å². The summed E-state index contributed by atoms with van der Waals surface area (Å²) in [5, 5.41) is 3.56. The van der Waals surface area contributed by atoms with Crippen LogP contribution < -0.4 is 4.72 Å². The van der Waals surface area contributed by atoms with Crippen molar-refractivity contribution < 1.29 is 17.7 Å². The molecule has 0 aliphatic rings. The molecule has 0 unspecified atom stereocenters. The van der Waals surface area contributed by atoms with Crippen LogP contribution in [0.3, 0.4) is 0 Å². The first-order valence-corrected chi connectivity index (χ1v) is 7.00. The fourth-order valence-corrected chi connectivity index (χ4v) is 2.89. The number of hydrogen-bond acceptors (Lipinski definition) is 5. The smallest absolute Gasteiger partial charge is 0.269 e. The SMILES string of the molecule is Cc1noc(C)c1S(=O)(=O)NC(=O)CC(C)(C)C. The zero-order valence-corrected chi connectivity index (χ0v) is 12.0. The topological polar surface area (TPSA) is 89.3 Å². The molecule has 1 N–H and O–H groups in total. The lowest BCUT2D eigenvalue weighted by molar-refractivity contribution is -0.121. The molecule has 18 heavy (non-hydrogen) atoms. The Morgan fingerprint density at radius 1 is 1.33 bits per heavy atom. The van der Waals surface area contributed by atoms with Gasteiger partial charge in [-0.3, -0.25) is 4.79 Å². The number of aromatic nitrogens is 1. The van der Waals surface area contributed by atoms with Crippen LogP contribution in [0.1, 0.15) is 38.6 Å². The Hall–Kier alpha value is -1.37. The summed E-state index contributed by atoms with van der Waals surface area (Å²) in [7, 11) is -3.91. The Morgan fingerprint density at radius 2 is 1.89 bits per heavy atom. The molecular weight excluding hydrogens is 256 g/mol. The Kier molecular flexibility index (Phi) is 3.85. The van der Waals surface area contributed by atoms with Crippen LogP contribution >= 0.6 is 0 Å². The third-order valence-electron chi connectivity index (χ3n) is 2.18. The fraction of sp³-hybridized carbons (Fsp3) is 0.636. The highest BCUT2D eigenvalue weighted by Gasteiger charge is 2.27. The quantitative estimate of drug-likeness (QED) is 0.902. The Morgan fingerprint density at radius 3 is 2.28 bits per heavy atom. The van der Waals surface area contributed by atoms with E-state index >= 15 is 0 Å². The Bertz CT molecular complexity index is 533. The summed E-state index contributed by atoms with van der Waals surface area (Å²) in [6.07, 6.45) is 0.121. The first-order valence-electron chi connectivity index (χ1n) is 5.51. The summed E-state index contributed by atoms with van der Waals surface area (Å²) in [5.41, 5.74) is -0.0400. The number of aryl methyl sites for hydroxylation is 2. The van der Waals surface area contributed by atoms with E-state index in [4.69, 9.17) is 4.52 Å². The first-order chi connectivity index (χ1) is 8.03. The number of nitrogens with zero attached hydrogens (tertiary/aromatic N) is 1. The summed E-state index contributed by atoms with van der Waals surface area (Å²) in [6, 6.07) is 0. The van der Waals surface area contributed by atoms with E-state index < -0.39 is 15.9 Å². The van der Waals surface area contributed by atoms with Crippen LogP contribution in [0.15, 0.2) is 9.42 Å². The van der Waals surface area contributed by atoms with Gasteiger partial charge in [-0.1, -0.05) is 25.9 Å². The number of amides is 1. The summed E-state index contributed by atoms with van der Waals surface area (Å²) >= 11 is 0. The van der Waals surface area contributed by atoms with Gasteiger partial charge in [-0.05, 0) is 19.3 Å². The number of rotatable bonds is 3. The molecule has 0 saturated heterocycles. The van der Waals surface area contributed by atoms with Crippen LogP contribution in [0.5, 0.6) is 0 Å². The van der Waals surface area contributed by atoms with Gasteiger partial charge in [-0.2, -0.15) is 0 Å². The lowest BCUT2D eigenvalue weighted by atomic mass is 9.92. The van der Waals surface area contributed by atoms with Crippen molar-refractivity contribution in [1.82, 2.24) is 9.88 Å². The highest BCUT2D eigenvalue weighted by Crippen LogP contribution is 2.21. The number of carbonyl (C=O) groups is 1. The minimum Gasteiger partial charge on any atom is -0.360 e. The number of nitrogens with one attached hydrogen (secondary N) is 1. The molecule has 0 spiro atoms. The van der Waals surface area contributed by atoms with E-state index in [9.17, 15) is 13.2 Å². The van der Waals surface area contributed by atoms with Gasteiger partial charge in [-0.15, -0.1) is 0 Å². The van der Waals surface area contributed by atoms with Crippen molar-refractivity contribution in [3.05, 3.63) is 11.5 Å². The number of carbonyl (C=O) groups excluding carboxylic acids is 1. The molecule has 0 bridgehead atoms. The molecule has 0 aliphatic heterocycles. The zero-order valence-electron chi connectivity index (χ0n) is 11.2. The van der Waals surface area contributed by atoms with E-state index in [1.165, 1.54) is 13.8 Å². The van der Waals surface area contributed by atoms with E-state index in [-0.39, 0.29) is 28.2 Å². The normalized spacial score (nSPS) is 12.5. The van der Waals surface area contributed by atoms with Crippen molar-refractivity contribution in [2.24, 2.45) is 5.41 Å². The van der Waals surface area contributed by atoms with Gasteiger partial charge in [0.15, 0.2) is 10.7 Å². The Balaban J connectivity index is 2.94. The molecule has 1 rings (SSSR count). The van der Waals surface area contributed by atoms with E-state index in [2.05, 4.69) is 5.16 Å². The van der Waals surface area contributed by atoms with E-state index in [0.29, 0.717) is 0 Å². The van der Waals surface area contributed by atoms with Crippen molar-refractivity contribution in [2.75, 3.05) is 0 Å². The molecular formula is C11H18N2O4S. The third-order valence-corrected chi connectivity index (χ3v) is 3.79. The zero-order chi connectivity index (χ0) is 14.1. The van der Waals surface area contributed by atoms with E-state index in [1.807, 2.05) is 25.5 Å². The largest absolute Gasteiger partial charge is 0.360 e. The molecule has 0 fully saturated rings. The van der Waals surface area contributed by atoms with Gasteiger partial charge in [0.05, 0.1) is 0 Å². The summed E-state index contributed by atoms with van der Waals surface area (Å²) < 4.78 is 30.8. The van der Waals surface area contributed by atoms with Crippen LogP contribution in [0.2, 0.25) is 0 Å². The van der Waals surface area contributed by atoms with Crippen molar-refractivity contribution in [3.63, 3.8) is 0 Å². The fourth-order valence-electron chi connectivity index (χ4n) is 1.58. The molecule has 0 aliphatic carbocycles. The van der Waals surface area contributed by atoms with E-state index in [1.54, 1.807) is 0 Å². The van der Waals surface area contributed by atoms with Crippen LogP contribution in [-0.2, 0) is 14.8 Å². The number of sulfonamides is 1. The lowest BCUT2D eigenvalue weighted by Crippen LogP contribution is -2.33. The van der Waals surface area contributed by atoms with Gasteiger partial charge in [0.1, 0.15) is 5.69 Å². The lowest BCUT2D eigenvalue weighted by Gasteiger charge is -2.17. The first kappa shape index (κ1) is 14.7. The second-order valence-corrected chi connectivity index (χ2v) is 7.04. The van der Waals surface area contributed by atoms with Crippen LogP contribution in [0, 0.1) is 19.3 Å². The van der Waals surface area contributed by atoms with Crippen LogP contribution in [-0.4, -0.2) is 19.5 Å². The molecule has 1 amide bonds. The second-order valence-electron chi connectivity index (χ2n) is 5.42. The monoisotopic (exact) mass is 274 g/mol. The summed E-state index contributed by atoms with van der Waals surface area (Å²) in [5.74, 6) is -0.369. The molecule has 1 aromatic heterocycles. The van der Waals surface area contributed by atoms with Crippen molar-refractivity contribution in [1.29, 1.82) is 0 Å². The second kappa shape index (κ2) is 4.72. The minimum atomic E-state index is -3.91. The van der Waals surface area contributed by atoms with Crippen molar-refractivity contribution >= 4 is 15.9 Å². The molecule has 1 heterocycles. The predicted octanol–water partition coefficient (Wildman–Crippen LogP) is 1.53. The highest BCUT2D eigenvalue weighted by molar-refractivity contribution is 7.90. The third kappa shape index (κ3) is 3.56. The molecule has 1 aromatic rings. The highest BCUT2D eigenvalue weighted by atomic mass is 32.2. The molecule has 7 heteroatoms. The standard InChI is InChI=1S/C11H18N2O4S/c1-7-10(8(2)17-12-7)18(15,16)13-9(14)6-11(3,4)5/h6H2,1-5H3,(H,13,14). The van der Waals surface area contributed by atoms with Crippen molar-refractivity contribution in [3.8, 4) is 0 Å². The molecule has 102 valence electrons. The summed E-state index contributed by atoms with van der Waals surface area (Å²) in [6.45, 7) is 8.57. The molecule has 0 aromatic carbocycles. The Labute approximate surface area is 107 Å². The van der Waals surface area contributed by atoms with Gasteiger partial charge in [0.2, 0.25) is 5.91 Å². The van der Waals surface area contributed by atoms with Crippen LogP contribution in [0.4, 0.5) is 0 Å². The molecule has 0 saturated carbocycles. The predicted molar refractivity (Wildman–Crippen MR) is 65.4 cm³/mol. The maximum Gasteiger partial charge on any atom is 0.269 e. The summed E-state index contributed by atoms with van der Waals surface area (Å²) in [4.78, 5) is 11.6. The maximum absolute atomic E-state index is 12.0. The van der Waals surface area contributed by atoms with E-state index in [0.717, 1.165) is 0 Å². The maximum atomic E-state index is 12.0. The average Bonchev–Trinajstić information content (AvgIpc) is 2.41. The van der Waals surface area contributed by atoms with Gasteiger partial charge in [-0.25, -0.2) is 13.1 Å². The molecule has 6 nitrogen and oxygen atoms in total. The van der Waals surface area contributed by atoms with Gasteiger partial charge in [0.25, 0.3) is 10.0 Å². The van der Waals surface area contributed by atoms with Gasteiger partial charge < -0.3 is 4.52 Å². The van der Waals surface area contributed by atoms with Crippen molar-refractivity contribution in [2.45, 2.75) is 45.9 Å². The molecule has 0 radical (unpaired) electrons. The number of hydrogen-bond donors (Lipinski definition) is 1. The average molecular weight is 274 g/mol. The van der Waals surface area contributed by atoms with Gasteiger partial charge >= 0.3 is 0 Å². The van der Waals surface area contributed by atoms with Gasteiger partial charge in [0, 0.05) is 6.42 Å². The minimum absolute atomic E-state index is 0.0650.